The van der Waals surface area contributed by atoms with Gasteiger partial charge in [-0.25, -0.2) is 14.1 Å². The van der Waals surface area contributed by atoms with Gasteiger partial charge in [0.2, 0.25) is 5.95 Å². The predicted molar refractivity (Wildman–Crippen MR) is 111 cm³/mol. The van der Waals surface area contributed by atoms with Crippen LogP contribution >= 0.6 is 11.3 Å². The lowest BCUT2D eigenvalue weighted by Crippen LogP contribution is -2.21. The van der Waals surface area contributed by atoms with Crippen LogP contribution in [0.2, 0.25) is 0 Å². The zero-order valence-electron chi connectivity index (χ0n) is 15.6. The Morgan fingerprint density at radius 2 is 2.07 bits per heavy atom. The summed E-state index contributed by atoms with van der Waals surface area (Å²) in [4.78, 5) is 12.3. The van der Waals surface area contributed by atoms with Gasteiger partial charge in [-0.3, -0.25) is 0 Å². The van der Waals surface area contributed by atoms with Crippen molar-refractivity contribution in [3.05, 3.63) is 47.6 Å². The normalized spacial score (nSPS) is 11.4. The zero-order valence-corrected chi connectivity index (χ0v) is 16.4. The average molecular weight is 397 g/mol. The molecule has 7 nitrogen and oxygen atoms in total. The molecule has 0 aliphatic rings. The lowest BCUT2D eigenvalue weighted by Gasteiger charge is -2.11. The first-order valence-corrected chi connectivity index (χ1v) is 9.65. The molecule has 0 atom stereocenters. The highest BCUT2D eigenvalue weighted by Crippen LogP contribution is 2.34. The Bertz CT molecular complexity index is 1110. The van der Waals surface area contributed by atoms with Crippen LogP contribution in [0.15, 0.2) is 41.8 Å². The average Bonchev–Trinajstić information content (AvgIpc) is 3.29. The van der Waals surface area contributed by atoms with Crippen molar-refractivity contribution in [1.29, 1.82) is 0 Å². The largest absolute Gasteiger partial charge is 0.383 e. The summed E-state index contributed by atoms with van der Waals surface area (Å²) in [5, 5.41) is 10.4. The minimum absolute atomic E-state index is 0.355. The van der Waals surface area contributed by atoms with Gasteiger partial charge in [-0.1, -0.05) is 12.1 Å². The van der Waals surface area contributed by atoms with Crippen molar-refractivity contribution in [3.63, 3.8) is 0 Å². The van der Waals surface area contributed by atoms with Gasteiger partial charge in [0.05, 0.1) is 21.6 Å². The maximum absolute atomic E-state index is 13.7. The Hall–Kier alpha value is -3.04. The third-order valence-corrected chi connectivity index (χ3v) is 5.10. The second-order valence-electron chi connectivity index (χ2n) is 6.58. The first-order valence-electron chi connectivity index (χ1n) is 8.77. The van der Waals surface area contributed by atoms with Crippen molar-refractivity contribution in [2.24, 2.45) is 0 Å². The highest BCUT2D eigenvalue weighted by Gasteiger charge is 2.19. The second-order valence-corrected chi connectivity index (χ2v) is 7.53. The highest BCUT2D eigenvalue weighted by molar-refractivity contribution is 7.13. The van der Waals surface area contributed by atoms with Crippen molar-refractivity contribution in [2.45, 2.75) is 0 Å². The Labute approximate surface area is 165 Å². The van der Waals surface area contributed by atoms with E-state index in [1.165, 1.54) is 16.8 Å². The van der Waals surface area contributed by atoms with E-state index < -0.39 is 0 Å². The first-order chi connectivity index (χ1) is 13.5. The molecular weight excluding hydrogens is 377 g/mol. The summed E-state index contributed by atoms with van der Waals surface area (Å²) in [6, 6.07) is 10.1. The number of halogens is 1. The number of hydrogen-bond donors (Lipinski definition) is 2. The number of benzene rings is 1. The molecule has 144 valence electrons. The number of thiophene rings is 1. The van der Waals surface area contributed by atoms with Gasteiger partial charge in [0.1, 0.15) is 11.6 Å². The quantitative estimate of drug-likeness (QED) is 0.520. The van der Waals surface area contributed by atoms with Gasteiger partial charge in [-0.05, 0) is 43.7 Å². The van der Waals surface area contributed by atoms with E-state index in [1.807, 2.05) is 31.6 Å². The first kappa shape index (κ1) is 18.3. The Morgan fingerprint density at radius 1 is 1.21 bits per heavy atom. The van der Waals surface area contributed by atoms with Crippen LogP contribution in [-0.2, 0) is 0 Å². The van der Waals surface area contributed by atoms with Gasteiger partial charge in [-0.15, -0.1) is 16.4 Å². The maximum atomic E-state index is 13.7. The standard InChI is InChI=1S/C19H20FN7S/c1-26(2)9-8-22-19-23-16(14-7-4-10-28-14)15-17(21)27(25-18(15)24-19)13-6-3-5-12(20)11-13/h3-7,10-11H,8-9,21H2,1-2H3,(H,22,24,25). The summed E-state index contributed by atoms with van der Waals surface area (Å²) in [7, 11) is 4.01. The van der Waals surface area contributed by atoms with Gasteiger partial charge in [-0.2, -0.15) is 4.98 Å². The van der Waals surface area contributed by atoms with Crippen molar-refractivity contribution in [3.8, 4) is 16.3 Å². The van der Waals surface area contributed by atoms with Gasteiger partial charge < -0.3 is 16.0 Å². The van der Waals surface area contributed by atoms with E-state index in [4.69, 9.17) is 5.73 Å². The lowest BCUT2D eigenvalue weighted by atomic mass is 10.2. The van der Waals surface area contributed by atoms with Crippen LogP contribution in [0.25, 0.3) is 27.3 Å². The smallest absolute Gasteiger partial charge is 0.225 e. The molecule has 9 heteroatoms. The minimum Gasteiger partial charge on any atom is -0.383 e. The van der Waals surface area contributed by atoms with Gasteiger partial charge in [0.15, 0.2) is 5.65 Å². The summed E-state index contributed by atoms with van der Waals surface area (Å²) in [6.45, 7) is 1.54. The topological polar surface area (TPSA) is 84.9 Å². The van der Waals surface area contributed by atoms with Crippen LogP contribution in [0.5, 0.6) is 0 Å². The zero-order chi connectivity index (χ0) is 19.7. The fraction of sp³-hybridized carbons (Fsp3) is 0.211. The van der Waals surface area contributed by atoms with Crippen molar-refractivity contribution in [2.75, 3.05) is 38.2 Å². The molecule has 1 aromatic carbocycles. The van der Waals surface area contributed by atoms with Crippen molar-refractivity contribution >= 4 is 34.1 Å². The summed E-state index contributed by atoms with van der Waals surface area (Å²) in [5.41, 5.74) is 8.11. The van der Waals surface area contributed by atoms with Crippen LogP contribution in [0, 0.1) is 5.82 Å². The molecule has 28 heavy (non-hydrogen) atoms. The number of aromatic nitrogens is 4. The summed E-state index contributed by atoms with van der Waals surface area (Å²) in [5.74, 6) is 0.512. The van der Waals surface area contributed by atoms with Crippen LogP contribution in [-0.4, -0.2) is 51.8 Å². The van der Waals surface area contributed by atoms with E-state index in [9.17, 15) is 4.39 Å². The molecule has 0 aliphatic carbocycles. The third kappa shape index (κ3) is 3.54. The fourth-order valence-electron chi connectivity index (χ4n) is 2.88. The van der Waals surface area contributed by atoms with Crippen LogP contribution in [0.4, 0.5) is 16.2 Å². The van der Waals surface area contributed by atoms with E-state index in [2.05, 4.69) is 25.3 Å². The minimum atomic E-state index is -0.355. The molecule has 0 spiro atoms. The molecule has 3 N–H and O–H groups in total. The number of nitrogens with zero attached hydrogens (tertiary/aromatic N) is 5. The number of hydrogen-bond acceptors (Lipinski definition) is 7. The van der Waals surface area contributed by atoms with E-state index in [1.54, 1.807) is 23.5 Å². The number of anilines is 2. The Kier molecular flexibility index (Phi) is 4.93. The maximum Gasteiger partial charge on any atom is 0.225 e. The second kappa shape index (κ2) is 7.53. The number of rotatable bonds is 6. The van der Waals surface area contributed by atoms with Crippen LogP contribution < -0.4 is 11.1 Å². The molecule has 0 fully saturated rings. The molecule has 3 aromatic heterocycles. The van der Waals surface area contributed by atoms with E-state index in [-0.39, 0.29) is 5.82 Å². The van der Waals surface area contributed by atoms with Gasteiger partial charge >= 0.3 is 0 Å². The molecule has 0 amide bonds. The van der Waals surface area contributed by atoms with Crippen LogP contribution in [0.3, 0.4) is 0 Å². The Balaban J connectivity index is 1.85. The number of nitrogens with two attached hydrogens (primary N) is 1. The summed E-state index contributed by atoms with van der Waals surface area (Å²) >= 11 is 1.57. The highest BCUT2D eigenvalue weighted by atomic mass is 32.1. The van der Waals surface area contributed by atoms with Crippen molar-refractivity contribution < 1.29 is 4.39 Å². The molecule has 0 bridgehead atoms. The van der Waals surface area contributed by atoms with Crippen molar-refractivity contribution in [1.82, 2.24) is 24.6 Å². The number of fused-ring (bicyclic) bond motifs is 1. The lowest BCUT2D eigenvalue weighted by molar-refractivity contribution is 0.425. The monoisotopic (exact) mass is 397 g/mol. The fourth-order valence-corrected chi connectivity index (χ4v) is 3.60. The summed E-state index contributed by atoms with van der Waals surface area (Å²) < 4.78 is 15.2. The third-order valence-electron chi connectivity index (χ3n) is 4.22. The Morgan fingerprint density at radius 3 is 2.79 bits per heavy atom. The summed E-state index contributed by atoms with van der Waals surface area (Å²) in [6.07, 6.45) is 0. The SMILES string of the molecule is CN(C)CCNc1nc(-c2cccs2)c2c(N)n(-c3cccc(F)c3)nc2n1. The van der Waals surface area contributed by atoms with E-state index in [0.717, 1.165) is 11.4 Å². The predicted octanol–water partition coefficient (Wildman–Crippen LogP) is 3.24. The molecule has 4 aromatic rings. The molecule has 4 rings (SSSR count). The number of nitrogens with one attached hydrogen (secondary N) is 1. The molecular formula is C19H20FN7S. The van der Waals surface area contributed by atoms with E-state index in [0.29, 0.717) is 40.7 Å². The van der Waals surface area contributed by atoms with Crippen LogP contribution in [0.1, 0.15) is 0 Å². The van der Waals surface area contributed by atoms with E-state index >= 15 is 0 Å². The molecule has 0 aliphatic heterocycles. The number of nitrogen functional groups attached to an aromatic ring is 1. The molecule has 3 heterocycles. The van der Waals surface area contributed by atoms with Gasteiger partial charge in [0, 0.05) is 13.1 Å². The molecule has 0 unspecified atom stereocenters. The molecule has 0 saturated heterocycles. The molecule has 0 radical (unpaired) electrons. The molecule has 0 saturated carbocycles. The van der Waals surface area contributed by atoms with Gasteiger partial charge in [0.25, 0.3) is 0 Å². The number of likely N-dealkylation sites (N-methyl/N-ethyl adjacent to an activating group) is 1.